The average Bonchev–Trinajstić information content (AvgIpc) is 3.05. The Kier molecular flexibility index (Phi) is 41.0. The molecule has 1 rings (SSSR count). The van der Waals surface area contributed by atoms with Gasteiger partial charge in [0.25, 0.3) is 0 Å². The molecule has 4 atom stereocenters. The van der Waals surface area contributed by atoms with Crippen molar-refractivity contribution in [1.29, 1.82) is 0 Å². The lowest BCUT2D eigenvalue weighted by atomic mass is 9.66. The number of aliphatic carboxylic acids is 1. The molecular formula is C44H86O13. The van der Waals surface area contributed by atoms with Crippen LogP contribution in [0.2, 0.25) is 0 Å². The number of aromatic carboxylic acids is 1. The van der Waals surface area contributed by atoms with Gasteiger partial charge in [0.15, 0.2) is 0 Å². The quantitative estimate of drug-likeness (QED) is 0.0435. The fourth-order valence-electron chi connectivity index (χ4n) is 5.32. The van der Waals surface area contributed by atoms with Gasteiger partial charge in [-0.3, -0.25) is 14.4 Å². The summed E-state index contributed by atoms with van der Waals surface area (Å²) in [5, 5.41) is 19.7. The van der Waals surface area contributed by atoms with Crippen molar-refractivity contribution in [3.63, 3.8) is 0 Å². The van der Waals surface area contributed by atoms with Crippen molar-refractivity contribution < 1.29 is 62.6 Å². The lowest BCUT2D eigenvalue weighted by Gasteiger charge is -2.38. The molecule has 0 radical (unpaired) electrons. The van der Waals surface area contributed by atoms with E-state index in [2.05, 4.69) is 6.58 Å². The number of carboxylic acids is 2. The first kappa shape index (κ1) is 70.8. The van der Waals surface area contributed by atoms with Crippen LogP contribution in [0.15, 0.2) is 36.6 Å². The Morgan fingerprint density at radius 3 is 1.70 bits per heavy atom. The normalized spacial score (nSPS) is 13.0. The third-order valence-corrected chi connectivity index (χ3v) is 8.58. The third kappa shape index (κ3) is 22.5. The number of hydrogen-bond acceptors (Lipinski definition) is 11. The van der Waals surface area contributed by atoms with E-state index in [1.165, 1.54) is 31.2 Å². The third-order valence-electron chi connectivity index (χ3n) is 8.58. The fraction of sp³-hybridized carbons (Fsp3) is 0.705. The average molecular weight is 823 g/mol. The van der Waals surface area contributed by atoms with Crippen molar-refractivity contribution in [3.05, 3.63) is 47.7 Å². The molecule has 57 heavy (non-hydrogen) atoms. The van der Waals surface area contributed by atoms with Crippen molar-refractivity contribution in [2.75, 3.05) is 46.8 Å². The zero-order chi connectivity index (χ0) is 37.4. The van der Waals surface area contributed by atoms with E-state index < -0.39 is 52.0 Å². The first-order chi connectivity index (χ1) is 22.9. The number of esters is 3. The Morgan fingerprint density at radius 1 is 0.719 bits per heavy atom. The molecule has 340 valence electrons. The maximum atomic E-state index is 13.3. The molecule has 13 nitrogen and oxygen atoms in total. The molecule has 0 aliphatic rings. The van der Waals surface area contributed by atoms with Gasteiger partial charge >= 0.3 is 29.8 Å². The van der Waals surface area contributed by atoms with Crippen LogP contribution in [-0.2, 0) is 42.8 Å². The van der Waals surface area contributed by atoms with Crippen molar-refractivity contribution in [3.8, 4) is 0 Å². The van der Waals surface area contributed by atoms with Crippen molar-refractivity contribution in [2.45, 2.75) is 140 Å². The summed E-state index contributed by atoms with van der Waals surface area (Å²) in [6.07, 6.45) is 0.0103. The van der Waals surface area contributed by atoms with E-state index in [-0.39, 0.29) is 129 Å². The van der Waals surface area contributed by atoms with Crippen molar-refractivity contribution in [1.82, 2.24) is 0 Å². The molecular weight excluding hydrogens is 736 g/mol. The van der Waals surface area contributed by atoms with E-state index in [9.17, 15) is 34.2 Å². The van der Waals surface area contributed by atoms with Crippen LogP contribution in [0, 0.1) is 22.2 Å². The number of allylic oxidation sites excluding steroid dienone is 1. The van der Waals surface area contributed by atoms with Gasteiger partial charge in [-0.2, -0.15) is 0 Å². The number of benzene rings is 1. The second-order valence-corrected chi connectivity index (χ2v) is 13.2. The molecule has 13 heteroatoms. The highest BCUT2D eigenvalue weighted by Crippen LogP contribution is 2.45. The first-order valence-corrected chi connectivity index (χ1v) is 16.4. The largest absolute Gasteiger partial charge is 0.496 e. The summed E-state index contributed by atoms with van der Waals surface area (Å²) >= 11 is 0. The van der Waals surface area contributed by atoms with Gasteiger partial charge in [0, 0.05) is 12.5 Å². The number of carboxylic acid groups (broad SMARTS) is 2. The summed E-state index contributed by atoms with van der Waals surface area (Å²) in [5.41, 5.74) is -3.97. The number of hydrogen-bond donors (Lipinski definition) is 2. The number of methoxy groups -OCH3 is 1. The zero-order valence-corrected chi connectivity index (χ0v) is 30.1. The van der Waals surface area contributed by atoms with Gasteiger partial charge < -0.3 is 38.6 Å². The highest BCUT2D eigenvalue weighted by molar-refractivity contribution is 6.02. The minimum Gasteiger partial charge on any atom is -0.496 e. The van der Waals surface area contributed by atoms with E-state index in [4.69, 9.17) is 28.4 Å². The van der Waals surface area contributed by atoms with Crippen LogP contribution in [0.25, 0.3) is 0 Å². The van der Waals surface area contributed by atoms with E-state index >= 15 is 0 Å². The molecule has 0 saturated heterocycles. The van der Waals surface area contributed by atoms with Crippen LogP contribution in [0.5, 0.6) is 0 Å². The number of rotatable bonds is 24. The van der Waals surface area contributed by atoms with Gasteiger partial charge in [0.2, 0.25) is 0 Å². The zero-order valence-electron chi connectivity index (χ0n) is 30.1. The maximum Gasteiger partial charge on any atom is 0.339 e. The summed E-state index contributed by atoms with van der Waals surface area (Å²) in [5.74, 6) is -5.13. The molecule has 0 aliphatic carbocycles. The van der Waals surface area contributed by atoms with Crippen LogP contribution in [0.3, 0.4) is 0 Å². The minimum absolute atomic E-state index is 0. The topological polar surface area (TPSA) is 181 Å². The monoisotopic (exact) mass is 823 g/mol. The number of carbonyl (C=O) groups is 5. The SMILES string of the molecule is C.C.C.C.C.C.C.C.C=C(OCCOCC(C)OC)C(C)(C)CC(CC(C)(CC(C)(CC)C(=O)OCCOC(=O)c1ccccc1C(=O)O)C(=O)O)C(=O)OCC. The molecule has 1 aromatic rings. The molecule has 0 spiro atoms. The summed E-state index contributed by atoms with van der Waals surface area (Å²) < 4.78 is 32.4. The van der Waals surface area contributed by atoms with Gasteiger partial charge in [0.05, 0.1) is 59.6 Å². The molecule has 0 amide bonds. The molecule has 0 fully saturated rings. The standard InChI is InChI=1S/C36H54O13.8CH4/c1-10-35(7,33(43)49-19-18-48-31(40)28-15-13-12-14-27(28)29(37)38)23-36(8,32(41)42)21-26(30(39)46-11-2)20-34(5,6)25(4)47-17-16-45-22-24(3)44-9;;;;;;;;/h12-15,24,26H,4,10-11,16-23H2,1-3,5-9H3,(H,37,38)(H,41,42);8*1H4. The molecule has 4 unspecified atom stereocenters. The lowest BCUT2D eigenvalue weighted by Crippen LogP contribution is -2.42. The maximum absolute atomic E-state index is 13.3. The van der Waals surface area contributed by atoms with E-state index in [0.29, 0.717) is 19.0 Å². The lowest BCUT2D eigenvalue weighted by molar-refractivity contribution is -0.164. The van der Waals surface area contributed by atoms with Crippen molar-refractivity contribution >= 4 is 29.8 Å². The Balaban J connectivity index is -0.000000500. The number of carbonyl (C=O) groups excluding carboxylic acids is 3. The Labute approximate surface area is 348 Å². The highest BCUT2D eigenvalue weighted by Gasteiger charge is 2.48. The minimum atomic E-state index is -1.56. The Hall–Kier alpha value is -3.97. The van der Waals surface area contributed by atoms with Crippen LogP contribution in [0.4, 0.5) is 0 Å². The van der Waals surface area contributed by atoms with Crippen molar-refractivity contribution in [2.24, 2.45) is 22.2 Å². The second-order valence-electron chi connectivity index (χ2n) is 13.2. The van der Waals surface area contributed by atoms with Gasteiger partial charge in [-0.05, 0) is 65.5 Å². The molecule has 1 aromatic carbocycles. The first-order valence-electron chi connectivity index (χ1n) is 16.4. The fourth-order valence-corrected chi connectivity index (χ4v) is 5.32. The summed E-state index contributed by atoms with van der Waals surface area (Å²) in [6.45, 7) is 16.4. The van der Waals surface area contributed by atoms with E-state index in [1.54, 1.807) is 27.9 Å². The predicted octanol–water partition coefficient (Wildman–Crippen LogP) is 10.6. The number of ether oxygens (including phenoxy) is 6. The van der Waals surface area contributed by atoms with Crippen LogP contribution in [-0.4, -0.2) is 92.9 Å². The van der Waals surface area contributed by atoms with Crippen LogP contribution in [0.1, 0.15) is 154 Å². The summed E-state index contributed by atoms with van der Waals surface area (Å²) in [4.78, 5) is 63.2. The van der Waals surface area contributed by atoms with Gasteiger partial charge in [-0.15, -0.1) is 0 Å². The second kappa shape index (κ2) is 33.0. The predicted molar refractivity (Wildman–Crippen MR) is 233 cm³/mol. The molecule has 0 bridgehead atoms. The van der Waals surface area contributed by atoms with Crippen LogP contribution < -0.4 is 0 Å². The molecule has 0 heterocycles. The smallest absolute Gasteiger partial charge is 0.339 e. The summed E-state index contributed by atoms with van der Waals surface area (Å²) in [7, 11) is 1.59. The molecule has 0 aliphatic heterocycles. The van der Waals surface area contributed by atoms with Gasteiger partial charge in [-0.1, -0.05) is 98.9 Å². The molecule has 2 N–H and O–H groups in total. The highest BCUT2D eigenvalue weighted by atomic mass is 16.6. The Morgan fingerprint density at radius 2 is 1.23 bits per heavy atom. The molecule has 0 saturated carbocycles. The van der Waals surface area contributed by atoms with Gasteiger partial charge in [0.1, 0.15) is 19.8 Å². The molecule has 0 aromatic heterocycles. The summed E-state index contributed by atoms with van der Waals surface area (Å²) in [6, 6.07) is 5.55. The van der Waals surface area contributed by atoms with Gasteiger partial charge in [-0.25, -0.2) is 9.59 Å². The van der Waals surface area contributed by atoms with E-state index in [1.807, 2.05) is 20.8 Å². The van der Waals surface area contributed by atoms with E-state index in [0.717, 1.165) is 0 Å². The van der Waals surface area contributed by atoms with Crippen LogP contribution >= 0.6 is 0 Å². The Bertz CT molecular complexity index is 1290.